The predicted octanol–water partition coefficient (Wildman–Crippen LogP) is 2.40. The van der Waals surface area contributed by atoms with Crippen LogP contribution in [-0.4, -0.2) is 16.1 Å². The van der Waals surface area contributed by atoms with Crippen molar-refractivity contribution in [3.63, 3.8) is 0 Å². The van der Waals surface area contributed by atoms with Crippen LogP contribution in [0.15, 0.2) is 29.0 Å². The van der Waals surface area contributed by atoms with Crippen molar-refractivity contribution in [1.29, 1.82) is 0 Å². The summed E-state index contributed by atoms with van der Waals surface area (Å²) in [6.07, 6.45) is 0. The SMILES string of the molecule is Cc1cscc1CNC(=O)c1cc(O)ccc1O. The molecule has 0 spiro atoms. The van der Waals surface area contributed by atoms with Gasteiger partial charge in [-0.2, -0.15) is 11.3 Å². The highest BCUT2D eigenvalue weighted by Crippen LogP contribution is 2.22. The number of benzene rings is 1. The number of hydrogen-bond donors (Lipinski definition) is 3. The predicted molar refractivity (Wildman–Crippen MR) is 70.0 cm³/mol. The van der Waals surface area contributed by atoms with Crippen LogP contribution >= 0.6 is 11.3 Å². The Labute approximate surface area is 109 Å². The van der Waals surface area contributed by atoms with Gasteiger partial charge in [0.2, 0.25) is 0 Å². The maximum absolute atomic E-state index is 11.8. The molecule has 0 aliphatic heterocycles. The van der Waals surface area contributed by atoms with E-state index in [9.17, 15) is 15.0 Å². The molecule has 0 radical (unpaired) electrons. The van der Waals surface area contributed by atoms with Crippen molar-refractivity contribution < 1.29 is 15.0 Å². The van der Waals surface area contributed by atoms with E-state index in [1.165, 1.54) is 18.2 Å². The number of nitrogens with one attached hydrogen (secondary N) is 1. The number of carbonyl (C=O) groups is 1. The minimum absolute atomic E-state index is 0.0512. The minimum atomic E-state index is -0.408. The van der Waals surface area contributed by atoms with E-state index in [0.717, 1.165) is 11.1 Å². The molecule has 1 amide bonds. The lowest BCUT2D eigenvalue weighted by molar-refractivity contribution is 0.0948. The second-order valence-electron chi connectivity index (χ2n) is 3.96. The van der Waals surface area contributed by atoms with Crippen molar-refractivity contribution in [2.75, 3.05) is 0 Å². The van der Waals surface area contributed by atoms with E-state index < -0.39 is 5.91 Å². The highest BCUT2D eigenvalue weighted by molar-refractivity contribution is 7.08. The molecule has 0 aliphatic rings. The second kappa shape index (κ2) is 5.10. The molecule has 1 aromatic heterocycles. The Bertz CT molecular complexity index is 577. The lowest BCUT2D eigenvalue weighted by Gasteiger charge is -2.07. The number of aryl methyl sites for hydroxylation is 1. The van der Waals surface area contributed by atoms with Crippen molar-refractivity contribution in [3.05, 3.63) is 45.6 Å². The molecule has 1 aromatic carbocycles. The van der Waals surface area contributed by atoms with Crippen LogP contribution in [0, 0.1) is 6.92 Å². The Hall–Kier alpha value is -2.01. The summed E-state index contributed by atoms with van der Waals surface area (Å²) in [7, 11) is 0. The average Bonchev–Trinajstić information content (AvgIpc) is 2.75. The molecule has 2 rings (SSSR count). The summed E-state index contributed by atoms with van der Waals surface area (Å²) in [5.74, 6) is -0.606. The Morgan fingerprint density at radius 1 is 1.33 bits per heavy atom. The van der Waals surface area contributed by atoms with Crippen LogP contribution in [0.1, 0.15) is 21.5 Å². The monoisotopic (exact) mass is 263 g/mol. The molecule has 4 nitrogen and oxygen atoms in total. The van der Waals surface area contributed by atoms with Crippen molar-refractivity contribution in [2.45, 2.75) is 13.5 Å². The van der Waals surface area contributed by atoms with E-state index in [4.69, 9.17) is 0 Å². The molecule has 0 atom stereocenters. The zero-order valence-corrected chi connectivity index (χ0v) is 10.6. The topological polar surface area (TPSA) is 69.6 Å². The third-order valence-electron chi connectivity index (χ3n) is 2.63. The third kappa shape index (κ3) is 2.62. The van der Waals surface area contributed by atoms with Crippen LogP contribution in [0.3, 0.4) is 0 Å². The molecule has 18 heavy (non-hydrogen) atoms. The summed E-state index contributed by atoms with van der Waals surface area (Å²) < 4.78 is 0. The fraction of sp³-hybridized carbons (Fsp3) is 0.154. The molecule has 1 heterocycles. The van der Waals surface area contributed by atoms with Gasteiger partial charge in [-0.25, -0.2) is 0 Å². The summed E-state index contributed by atoms with van der Waals surface area (Å²) in [5, 5.41) is 25.5. The number of phenolic OH excluding ortho intramolecular Hbond substituents is 2. The van der Waals surface area contributed by atoms with E-state index in [1.807, 2.05) is 17.7 Å². The molecule has 0 aliphatic carbocycles. The fourth-order valence-corrected chi connectivity index (χ4v) is 2.40. The molecule has 0 fully saturated rings. The van der Waals surface area contributed by atoms with Gasteiger partial charge in [-0.3, -0.25) is 4.79 Å². The van der Waals surface area contributed by atoms with Crippen molar-refractivity contribution in [1.82, 2.24) is 5.32 Å². The van der Waals surface area contributed by atoms with E-state index in [2.05, 4.69) is 5.32 Å². The maximum Gasteiger partial charge on any atom is 0.255 e. The molecular formula is C13H13NO3S. The van der Waals surface area contributed by atoms with Gasteiger partial charge in [-0.15, -0.1) is 0 Å². The van der Waals surface area contributed by atoms with Gasteiger partial charge in [-0.1, -0.05) is 0 Å². The maximum atomic E-state index is 11.8. The smallest absolute Gasteiger partial charge is 0.255 e. The van der Waals surface area contributed by atoms with Gasteiger partial charge in [0, 0.05) is 6.54 Å². The highest BCUT2D eigenvalue weighted by Gasteiger charge is 2.12. The summed E-state index contributed by atoms with van der Waals surface area (Å²) in [6.45, 7) is 2.38. The first-order valence-corrected chi connectivity index (χ1v) is 6.34. The second-order valence-corrected chi connectivity index (χ2v) is 4.71. The molecule has 3 N–H and O–H groups in total. The number of amides is 1. The zero-order chi connectivity index (χ0) is 13.1. The highest BCUT2D eigenvalue weighted by atomic mass is 32.1. The first-order chi connectivity index (χ1) is 8.58. The molecule has 0 saturated heterocycles. The van der Waals surface area contributed by atoms with Gasteiger partial charge in [0.15, 0.2) is 0 Å². The van der Waals surface area contributed by atoms with Crippen molar-refractivity contribution >= 4 is 17.2 Å². The number of aromatic hydroxyl groups is 2. The van der Waals surface area contributed by atoms with Gasteiger partial charge in [0.05, 0.1) is 5.56 Å². The fourth-order valence-electron chi connectivity index (χ4n) is 1.54. The molecule has 0 bridgehead atoms. The first-order valence-electron chi connectivity index (χ1n) is 5.40. The van der Waals surface area contributed by atoms with Crippen LogP contribution in [-0.2, 0) is 6.54 Å². The molecule has 94 valence electrons. The summed E-state index contributed by atoms with van der Waals surface area (Å²) in [4.78, 5) is 11.8. The number of hydrogen-bond acceptors (Lipinski definition) is 4. The summed E-state index contributed by atoms with van der Waals surface area (Å²) in [6, 6.07) is 3.86. The van der Waals surface area contributed by atoms with Crippen LogP contribution in [0.4, 0.5) is 0 Å². The first kappa shape index (κ1) is 12.4. The van der Waals surface area contributed by atoms with E-state index in [-0.39, 0.29) is 17.1 Å². The van der Waals surface area contributed by atoms with Crippen LogP contribution in [0.25, 0.3) is 0 Å². The standard InChI is InChI=1S/C13H13NO3S/c1-8-6-18-7-9(8)5-14-13(17)11-4-10(15)2-3-12(11)16/h2-4,6-7,15-16H,5H2,1H3,(H,14,17). The third-order valence-corrected chi connectivity index (χ3v) is 3.54. The number of carbonyl (C=O) groups excluding carboxylic acids is 1. The van der Waals surface area contributed by atoms with Gasteiger partial charge >= 0.3 is 0 Å². The van der Waals surface area contributed by atoms with E-state index in [1.54, 1.807) is 11.3 Å². The van der Waals surface area contributed by atoms with Gasteiger partial charge in [-0.05, 0) is 47.0 Å². The molecule has 0 unspecified atom stereocenters. The lowest BCUT2D eigenvalue weighted by Crippen LogP contribution is -2.22. The van der Waals surface area contributed by atoms with Crippen LogP contribution in [0.2, 0.25) is 0 Å². The zero-order valence-electron chi connectivity index (χ0n) is 9.80. The van der Waals surface area contributed by atoms with E-state index >= 15 is 0 Å². The van der Waals surface area contributed by atoms with Gasteiger partial charge in [0.1, 0.15) is 11.5 Å². The average molecular weight is 263 g/mol. The molecular weight excluding hydrogens is 250 g/mol. The van der Waals surface area contributed by atoms with Gasteiger partial charge < -0.3 is 15.5 Å². The Balaban J connectivity index is 2.08. The Kier molecular flexibility index (Phi) is 3.53. The Morgan fingerprint density at radius 2 is 2.11 bits per heavy atom. The van der Waals surface area contributed by atoms with Crippen LogP contribution < -0.4 is 5.32 Å². The van der Waals surface area contributed by atoms with Gasteiger partial charge in [0.25, 0.3) is 5.91 Å². The largest absolute Gasteiger partial charge is 0.508 e. The molecule has 2 aromatic rings. The number of thiophene rings is 1. The van der Waals surface area contributed by atoms with Crippen molar-refractivity contribution in [3.8, 4) is 11.5 Å². The summed E-state index contributed by atoms with van der Waals surface area (Å²) >= 11 is 1.58. The van der Waals surface area contributed by atoms with Crippen LogP contribution in [0.5, 0.6) is 11.5 Å². The quantitative estimate of drug-likeness (QED) is 0.745. The Morgan fingerprint density at radius 3 is 2.78 bits per heavy atom. The number of phenols is 2. The number of rotatable bonds is 3. The van der Waals surface area contributed by atoms with Crippen molar-refractivity contribution in [2.24, 2.45) is 0 Å². The normalized spacial score (nSPS) is 10.3. The lowest BCUT2D eigenvalue weighted by atomic mass is 10.1. The van der Waals surface area contributed by atoms with E-state index in [0.29, 0.717) is 6.54 Å². The molecule has 0 saturated carbocycles. The minimum Gasteiger partial charge on any atom is -0.508 e. The summed E-state index contributed by atoms with van der Waals surface area (Å²) in [5.41, 5.74) is 2.25. The molecule has 5 heteroatoms.